The van der Waals surface area contributed by atoms with Gasteiger partial charge < -0.3 is 10.6 Å². The van der Waals surface area contributed by atoms with Crippen molar-refractivity contribution in [3.8, 4) is 0 Å². The van der Waals surface area contributed by atoms with E-state index in [0.29, 0.717) is 16.8 Å². The van der Waals surface area contributed by atoms with E-state index in [4.69, 9.17) is 0 Å². The first-order chi connectivity index (χ1) is 7.44. The van der Waals surface area contributed by atoms with E-state index in [1.807, 2.05) is 6.92 Å². The van der Waals surface area contributed by atoms with Crippen molar-refractivity contribution in [3.05, 3.63) is 10.8 Å². The Balaban J connectivity index is 2.77. The molecule has 0 amide bonds. The monoisotopic (exact) mass is 298 g/mol. The minimum absolute atomic E-state index is 0.114. The summed E-state index contributed by atoms with van der Waals surface area (Å²) in [6.45, 7) is 1.35. The van der Waals surface area contributed by atoms with Crippen molar-refractivity contribution < 1.29 is 13.2 Å². The second kappa shape index (κ2) is 5.33. The van der Waals surface area contributed by atoms with E-state index in [2.05, 4.69) is 36.5 Å². The van der Waals surface area contributed by atoms with Gasteiger partial charge in [-0.25, -0.2) is 9.97 Å². The maximum atomic E-state index is 12.0. The first-order valence-electron chi connectivity index (χ1n) is 4.49. The first kappa shape index (κ1) is 13.0. The molecule has 0 fully saturated rings. The Kier molecular flexibility index (Phi) is 4.34. The van der Waals surface area contributed by atoms with Crippen molar-refractivity contribution in [1.82, 2.24) is 9.97 Å². The molecule has 2 N–H and O–H groups in total. The van der Waals surface area contributed by atoms with Crippen LogP contribution in [-0.4, -0.2) is 29.2 Å². The minimum atomic E-state index is -4.28. The van der Waals surface area contributed by atoms with Crippen molar-refractivity contribution in [2.75, 3.05) is 23.7 Å². The van der Waals surface area contributed by atoms with Crippen LogP contribution in [0.3, 0.4) is 0 Å². The minimum Gasteiger partial charge on any atom is -0.369 e. The predicted octanol–water partition coefficient (Wildman–Crippen LogP) is 2.65. The zero-order valence-corrected chi connectivity index (χ0v) is 9.98. The third-order valence-electron chi connectivity index (χ3n) is 1.59. The van der Waals surface area contributed by atoms with Crippen molar-refractivity contribution in [2.24, 2.45) is 0 Å². The summed E-state index contributed by atoms with van der Waals surface area (Å²) in [4.78, 5) is 7.60. The number of nitrogens with zero attached hydrogens (tertiary/aromatic N) is 2. The van der Waals surface area contributed by atoms with Crippen molar-refractivity contribution in [2.45, 2.75) is 13.1 Å². The van der Waals surface area contributed by atoms with Gasteiger partial charge in [-0.1, -0.05) is 0 Å². The first-order valence-corrected chi connectivity index (χ1v) is 5.28. The average Bonchev–Trinajstić information content (AvgIpc) is 2.18. The number of nitrogens with one attached hydrogen (secondary N) is 2. The molecule has 0 bridgehead atoms. The number of hydrogen-bond acceptors (Lipinski definition) is 4. The van der Waals surface area contributed by atoms with E-state index in [1.54, 1.807) is 0 Å². The third-order valence-corrected chi connectivity index (χ3v) is 2.34. The molecule has 0 aliphatic carbocycles. The lowest BCUT2D eigenvalue weighted by Gasteiger charge is -2.12. The second-order valence-electron chi connectivity index (χ2n) is 2.88. The molecule has 0 aromatic carbocycles. The van der Waals surface area contributed by atoms with Gasteiger partial charge in [-0.15, -0.1) is 0 Å². The Hall–Kier alpha value is -1.05. The molecule has 8 heteroatoms. The van der Waals surface area contributed by atoms with Gasteiger partial charge in [-0.2, -0.15) is 13.2 Å². The zero-order valence-electron chi connectivity index (χ0n) is 8.40. The van der Waals surface area contributed by atoms with E-state index in [-0.39, 0.29) is 5.82 Å². The number of halogens is 4. The molecule has 0 unspecified atom stereocenters. The van der Waals surface area contributed by atoms with Crippen molar-refractivity contribution >= 4 is 27.6 Å². The van der Waals surface area contributed by atoms with E-state index in [1.165, 1.54) is 6.33 Å². The summed E-state index contributed by atoms with van der Waals surface area (Å²) in [5, 5.41) is 5.08. The fourth-order valence-corrected chi connectivity index (χ4v) is 1.45. The van der Waals surface area contributed by atoms with Crippen LogP contribution in [0.1, 0.15) is 6.92 Å². The van der Waals surface area contributed by atoms with E-state index < -0.39 is 12.7 Å². The Bertz CT molecular complexity index is 356. The van der Waals surface area contributed by atoms with Crippen molar-refractivity contribution in [3.63, 3.8) is 0 Å². The van der Waals surface area contributed by atoms with Gasteiger partial charge in [0.2, 0.25) is 0 Å². The summed E-state index contributed by atoms with van der Waals surface area (Å²) in [6.07, 6.45) is -3.08. The molecule has 16 heavy (non-hydrogen) atoms. The number of alkyl halides is 3. The van der Waals surface area contributed by atoms with Crippen molar-refractivity contribution in [1.29, 1.82) is 0 Å². The molecular formula is C8H10BrF3N4. The Morgan fingerprint density at radius 2 is 1.81 bits per heavy atom. The lowest BCUT2D eigenvalue weighted by atomic mass is 10.5. The van der Waals surface area contributed by atoms with Crippen LogP contribution in [0, 0.1) is 0 Å². The lowest BCUT2D eigenvalue weighted by molar-refractivity contribution is -0.115. The number of hydrogen-bond donors (Lipinski definition) is 2. The largest absolute Gasteiger partial charge is 0.405 e. The summed E-state index contributed by atoms with van der Waals surface area (Å²) in [7, 11) is 0. The smallest absolute Gasteiger partial charge is 0.369 e. The highest BCUT2D eigenvalue weighted by Gasteiger charge is 2.27. The molecule has 0 aliphatic heterocycles. The molecule has 1 aromatic rings. The quantitative estimate of drug-likeness (QED) is 0.897. The van der Waals surface area contributed by atoms with E-state index in [9.17, 15) is 13.2 Å². The molecule has 90 valence electrons. The molecule has 1 rings (SSSR count). The number of anilines is 2. The topological polar surface area (TPSA) is 49.8 Å². The zero-order chi connectivity index (χ0) is 12.2. The fraction of sp³-hybridized carbons (Fsp3) is 0.500. The number of rotatable bonds is 4. The van der Waals surface area contributed by atoms with Crippen LogP contribution >= 0.6 is 15.9 Å². The van der Waals surface area contributed by atoms with Gasteiger partial charge in [0.25, 0.3) is 0 Å². The molecule has 0 saturated heterocycles. The molecule has 1 aromatic heterocycles. The summed E-state index contributed by atoms with van der Waals surface area (Å²) >= 11 is 3.13. The van der Waals surface area contributed by atoms with Gasteiger partial charge >= 0.3 is 6.18 Å². The molecule has 0 saturated carbocycles. The highest BCUT2D eigenvalue weighted by atomic mass is 79.9. The maximum Gasteiger partial charge on any atom is 0.405 e. The summed E-state index contributed by atoms with van der Waals surface area (Å²) in [6, 6.07) is 0. The van der Waals surface area contributed by atoms with Crippen LogP contribution in [0.25, 0.3) is 0 Å². The van der Waals surface area contributed by atoms with Crippen LogP contribution in [-0.2, 0) is 0 Å². The van der Waals surface area contributed by atoms with Gasteiger partial charge in [0.15, 0.2) is 0 Å². The van der Waals surface area contributed by atoms with Gasteiger partial charge in [0, 0.05) is 6.54 Å². The highest BCUT2D eigenvalue weighted by molar-refractivity contribution is 9.10. The maximum absolute atomic E-state index is 12.0. The van der Waals surface area contributed by atoms with Gasteiger partial charge in [0.05, 0.1) is 0 Å². The van der Waals surface area contributed by atoms with Crippen LogP contribution in [0.15, 0.2) is 10.8 Å². The predicted molar refractivity (Wildman–Crippen MR) is 58.4 cm³/mol. The molecule has 0 aliphatic rings. The SMILES string of the molecule is CCNc1ncnc(NCC(F)(F)F)c1Br. The summed E-state index contributed by atoms with van der Waals surface area (Å²) < 4.78 is 36.3. The standard InChI is InChI=1S/C8H10BrF3N4/c1-2-13-6-5(9)7(16-4-15-6)14-3-8(10,11)12/h4H,2-3H2,1H3,(H2,13,14,15,16). The Morgan fingerprint density at radius 3 is 2.31 bits per heavy atom. The highest BCUT2D eigenvalue weighted by Crippen LogP contribution is 2.27. The Morgan fingerprint density at radius 1 is 1.25 bits per heavy atom. The van der Waals surface area contributed by atoms with Crippen LogP contribution < -0.4 is 10.6 Å². The van der Waals surface area contributed by atoms with Crippen LogP contribution in [0.5, 0.6) is 0 Å². The second-order valence-corrected chi connectivity index (χ2v) is 3.68. The Labute approximate surface area is 98.8 Å². The summed E-state index contributed by atoms with van der Waals surface area (Å²) in [5.74, 6) is 0.574. The average molecular weight is 299 g/mol. The van der Waals surface area contributed by atoms with Gasteiger partial charge in [-0.3, -0.25) is 0 Å². The molecule has 0 radical (unpaired) electrons. The van der Waals surface area contributed by atoms with Gasteiger partial charge in [0.1, 0.15) is 29.0 Å². The normalized spacial score (nSPS) is 11.3. The van der Waals surface area contributed by atoms with Crippen LogP contribution in [0.2, 0.25) is 0 Å². The molecular weight excluding hydrogens is 289 g/mol. The molecule has 0 atom stereocenters. The lowest BCUT2D eigenvalue weighted by Crippen LogP contribution is -2.22. The van der Waals surface area contributed by atoms with E-state index >= 15 is 0 Å². The summed E-state index contributed by atoms with van der Waals surface area (Å²) in [5.41, 5.74) is 0. The third kappa shape index (κ3) is 3.84. The molecule has 4 nitrogen and oxygen atoms in total. The molecule has 1 heterocycles. The van der Waals surface area contributed by atoms with Gasteiger partial charge in [-0.05, 0) is 22.9 Å². The fourth-order valence-electron chi connectivity index (χ4n) is 0.968. The van der Waals surface area contributed by atoms with Crippen LogP contribution in [0.4, 0.5) is 24.8 Å². The molecule has 0 spiro atoms. The van der Waals surface area contributed by atoms with E-state index in [0.717, 1.165) is 0 Å². The number of aromatic nitrogens is 2.